The number of anilines is 3. The van der Waals surface area contributed by atoms with Crippen LogP contribution >= 0.6 is 0 Å². The highest BCUT2D eigenvalue weighted by atomic mass is 16.5. The van der Waals surface area contributed by atoms with Gasteiger partial charge in [0.25, 0.3) is 5.91 Å². The molecule has 3 rings (SSSR count). The van der Waals surface area contributed by atoms with Gasteiger partial charge in [-0.25, -0.2) is 0 Å². The maximum absolute atomic E-state index is 11.3. The topological polar surface area (TPSA) is 76.4 Å². The van der Waals surface area contributed by atoms with Crippen LogP contribution in [0.15, 0.2) is 12.1 Å². The number of amides is 1. The summed E-state index contributed by atoms with van der Waals surface area (Å²) in [5, 5.41) is 6.25. The summed E-state index contributed by atoms with van der Waals surface area (Å²) in [7, 11) is 0. The summed E-state index contributed by atoms with van der Waals surface area (Å²) in [5.74, 6) is 0.504. The molecule has 1 saturated carbocycles. The quantitative estimate of drug-likeness (QED) is 0.698. The van der Waals surface area contributed by atoms with E-state index >= 15 is 0 Å². The average Bonchev–Trinajstić information content (AvgIpc) is 2.28. The molecular formula is C13H17N3O2. The van der Waals surface area contributed by atoms with E-state index in [2.05, 4.69) is 17.6 Å². The summed E-state index contributed by atoms with van der Waals surface area (Å²) in [6.07, 6.45) is 3.53. The van der Waals surface area contributed by atoms with Gasteiger partial charge >= 0.3 is 0 Å². The summed E-state index contributed by atoms with van der Waals surface area (Å²) in [6, 6.07) is 3.62. The van der Waals surface area contributed by atoms with Gasteiger partial charge in [0.1, 0.15) is 5.75 Å². The normalized spacial score (nSPS) is 20.2. The molecule has 0 radical (unpaired) electrons. The number of benzene rings is 1. The predicted octanol–water partition coefficient (Wildman–Crippen LogP) is 1.95. The van der Waals surface area contributed by atoms with Crippen LogP contribution in [0.2, 0.25) is 0 Å². The summed E-state index contributed by atoms with van der Waals surface area (Å²) in [5.41, 5.74) is 8.34. The molecule has 2 aliphatic rings. The zero-order valence-electron chi connectivity index (χ0n) is 10.4. The standard InChI is InChI=1S/C13H17N3O2/c1-13(3-2-4-13)16-9-6-10-11(5-8(9)14)18-7-12(17)15-10/h5-6,16H,2-4,7,14H2,1H3,(H,15,17). The van der Waals surface area contributed by atoms with Gasteiger partial charge < -0.3 is 21.1 Å². The van der Waals surface area contributed by atoms with E-state index < -0.39 is 0 Å². The largest absolute Gasteiger partial charge is 0.482 e. The van der Waals surface area contributed by atoms with Crippen molar-refractivity contribution in [2.75, 3.05) is 23.0 Å². The van der Waals surface area contributed by atoms with Crippen LogP contribution in [0, 0.1) is 0 Å². The maximum Gasteiger partial charge on any atom is 0.262 e. The summed E-state index contributed by atoms with van der Waals surface area (Å²) < 4.78 is 5.32. The fraction of sp³-hybridized carbons (Fsp3) is 0.462. The Hall–Kier alpha value is -1.91. The zero-order valence-corrected chi connectivity index (χ0v) is 10.4. The van der Waals surface area contributed by atoms with Gasteiger partial charge in [-0.3, -0.25) is 4.79 Å². The van der Waals surface area contributed by atoms with Gasteiger partial charge in [-0.2, -0.15) is 0 Å². The van der Waals surface area contributed by atoms with Crippen molar-refractivity contribution in [2.24, 2.45) is 0 Å². The molecule has 1 aromatic rings. The van der Waals surface area contributed by atoms with Crippen molar-refractivity contribution in [1.29, 1.82) is 0 Å². The minimum atomic E-state index is -0.131. The molecular weight excluding hydrogens is 230 g/mol. The predicted molar refractivity (Wildman–Crippen MR) is 70.9 cm³/mol. The van der Waals surface area contributed by atoms with E-state index in [1.165, 1.54) is 6.42 Å². The lowest BCUT2D eigenvalue weighted by Gasteiger charge is -2.40. The molecule has 1 heterocycles. The second-order valence-corrected chi connectivity index (χ2v) is 5.31. The van der Waals surface area contributed by atoms with E-state index in [9.17, 15) is 4.79 Å². The number of ether oxygens (including phenoxy) is 1. The Kier molecular flexibility index (Phi) is 2.36. The van der Waals surface area contributed by atoms with Gasteiger partial charge in [0.2, 0.25) is 0 Å². The Labute approximate surface area is 106 Å². The Morgan fingerprint density at radius 2 is 2.22 bits per heavy atom. The lowest BCUT2D eigenvalue weighted by molar-refractivity contribution is -0.118. The first kappa shape index (κ1) is 11.2. The first-order valence-electron chi connectivity index (χ1n) is 6.20. The van der Waals surface area contributed by atoms with Crippen LogP contribution in [0.5, 0.6) is 5.75 Å². The van der Waals surface area contributed by atoms with Crippen molar-refractivity contribution in [3.05, 3.63) is 12.1 Å². The monoisotopic (exact) mass is 247 g/mol. The molecule has 5 nitrogen and oxygen atoms in total. The lowest BCUT2D eigenvalue weighted by Crippen LogP contribution is -2.41. The van der Waals surface area contributed by atoms with Crippen LogP contribution in [-0.4, -0.2) is 18.1 Å². The third kappa shape index (κ3) is 1.85. The fourth-order valence-electron chi connectivity index (χ4n) is 2.41. The van der Waals surface area contributed by atoms with Gasteiger partial charge in [-0.1, -0.05) is 0 Å². The SMILES string of the molecule is CC1(Nc2cc3c(cc2N)OCC(=O)N3)CCC1. The summed E-state index contributed by atoms with van der Waals surface area (Å²) in [6.45, 7) is 2.24. The van der Waals surface area contributed by atoms with Gasteiger partial charge in [0.05, 0.1) is 17.1 Å². The molecule has 1 aliphatic heterocycles. The van der Waals surface area contributed by atoms with Crippen LogP contribution in [0.4, 0.5) is 17.1 Å². The molecule has 0 atom stereocenters. The highest BCUT2D eigenvalue weighted by molar-refractivity contribution is 5.97. The van der Waals surface area contributed by atoms with E-state index in [-0.39, 0.29) is 18.1 Å². The first-order valence-corrected chi connectivity index (χ1v) is 6.20. The number of rotatable bonds is 2. The molecule has 0 aromatic heterocycles. The molecule has 1 fully saturated rings. The van der Waals surface area contributed by atoms with Crippen LogP contribution < -0.4 is 21.1 Å². The Morgan fingerprint density at radius 3 is 2.89 bits per heavy atom. The van der Waals surface area contributed by atoms with E-state index in [0.29, 0.717) is 17.1 Å². The molecule has 0 spiro atoms. The number of carbonyl (C=O) groups excluding carboxylic acids is 1. The number of nitrogens with one attached hydrogen (secondary N) is 2. The third-order valence-electron chi connectivity index (χ3n) is 3.68. The number of nitrogen functional groups attached to an aromatic ring is 1. The highest BCUT2D eigenvalue weighted by Crippen LogP contribution is 2.40. The van der Waals surface area contributed by atoms with E-state index in [1.54, 1.807) is 6.07 Å². The van der Waals surface area contributed by atoms with Crippen molar-refractivity contribution < 1.29 is 9.53 Å². The molecule has 4 N–H and O–H groups in total. The van der Waals surface area contributed by atoms with Gasteiger partial charge in [-0.15, -0.1) is 0 Å². The van der Waals surface area contributed by atoms with Crippen molar-refractivity contribution in [2.45, 2.75) is 31.7 Å². The van der Waals surface area contributed by atoms with E-state index in [4.69, 9.17) is 10.5 Å². The van der Waals surface area contributed by atoms with Gasteiger partial charge in [0, 0.05) is 11.6 Å². The maximum atomic E-state index is 11.3. The lowest BCUT2D eigenvalue weighted by atomic mass is 9.78. The molecule has 5 heteroatoms. The van der Waals surface area contributed by atoms with E-state index in [1.807, 2.05) is 6.07 Å². The van der Waals surface area contributed by atoms with Crippen molar-refractivity contribution in [3.8, 4) is 5.75 Å². The van der Waals surface area contributed by atoms with Gasteiger partial charge in [0.15, 0.2) is 6.61 Å². The highest BCUT2D eigenvalue weighted by Gasteiger charge is 2.32. The second-order valence-electron chi connectivity index (χ2n) is 5.31. The number of nitrogens with two attached hydrogens (primary N) is 1. The van der Waals surface area contributed by atoms with Crippen molar-refractivity contribution in [1.82, 2.24) is 0 Å². The molecule has 0 saturated heterocycles. The average molecular weight is 247 g/mol. The number of hydrogen-bond donors (Lipinski definition) is 3. The van der Waals surface area contributed by atoms with Crippen LogP contribution in [0.3, 0.4) is 0 Å². The number of fused-ring (bicyclic) bond motifs is 1. The number of hydrogen-bond acceptors (Lipinski definition) is 4. The first-order chi connectivity index (χ1) is 8.56. The van der Waals surface area contributed by atoms with Crippen molar-refractivity contribution in [3.63, 3.8) is 0 Å². The Bertz CT molecular complexity index is 509. The molecule has 1 aromatic carbocycles. The summed E-state index contributed by atoms with van der Waals surface area (Å²) >= 11 is 0. The molecule has 0 bridgehead atoms. The third-order valence-corrected chi connectivity index (χ3v) is 3.68. The molecule has 1 amide bonds. The van der Waals surface area contributed by atoms with Crippen LogP contribution in [0.25, 0.3) is 0 Å². The minimum absolute atomic E-state index is 0.0525. The zero-order chi connectivity index (χ0) is 12.8. The Balaban J connectivity index is 1.90. The molecule has 96 valence electrons. The fourth-order valence-corrected chi connectivity index (χ4v) is 2.41. The smallest absolute Gasteiger partial charge is 0.262 e. The van der Waals surface area contributed by atoms with Crippen molar-refractivity contribution >= 4 is 23.0 Å². The van der Waals surface area contributed by atoms with Crippen LogP contribution in [0.1, 0.15) is 26.2 Å². The molecule has 1 aliphatic carbocycles. The van der Waals surface area contributed by atoms with E-state index in [0.717, 1.165) is 18.5 Å². The van der Waals surface area contributed by atoms with Crippen LogP contribution in [-0.2, 0) is 4.79 Å². The number of carbonyl (C=O) groups is 1. The van der Waals surface area contributed by atoms with Gasteiger partial charge in [-0.05, 0) is 32.3 Å². The minimum Gasteiger partial charge on any atom is -0.482 e. The summed E-state index contributed by atoms with van der Waals surface area (Å²) in [4.78, 5) is 11.3. The molecule has 0 unspecified atom stereocenters. The Morgan fingerprint density at radius 1 is 1.44 bits per heavy atom. The molecule has 18 heavy (non-hydrogen) atoms. The second kappa shape index (κ2) is 3.80.